The van der Waals surface area contributed by atoms with E-state index in [1.54, 1.807) is 29.2 Å². The van der Waals surface area contributed by atoms with Gasteiger partial charge in [0, 0.05) is 48.5 Å². The molecule has 150 valence electrons. The quantitative estimate of drug-likeness (QED) is 0.738. The minimum absolute atomic E-state index is 0.241. The number of carbonyl (C=O) groups excluding carboxylic acids is 1. The number of rotatable bonds is 3. The van der Waals surface area contributed by atoms with Crippen LogP contribution in [0.1, 0.15) is 11.1 Å². The van der Waals surface area contributed by atoms with E-state index in [9.17, 15) is 18.0 Å². The zero-order chi connectivity index (χ0) is 20.3. The van der Waals surface area contributed by atoms with E-state index in [-0.39, 0.29) is 12.6 Å². The van der Waals surface area contributed by atoms with Gasteiger partial charge in [-0.15, -0.1) is 0 Å². The van der Waals surface area contributed by atoms with E-state index in [0.29, 0.717) is 41.9 Å². The minimum Gasteiger partial charge on any atom is -0.368 e. The number of piperazine rings is 1. The number of hydrogen-bond acceptors (Lipinski definition) is 2. The van der Waals surface area contributed by atoms with Gasteiger partial charge in [0.25, 0.3) is 0 Å². The van der Waals surface area contributed by atoms with Gasteiger partial charge in [0.05, 0.1) is 5.56 Å². The molecule has 2 amide bonds. The number of amides is 2. The van der Waals surface area contributed by atoms with Crippen molar-refractivity contribution < 1.29 is 18.0 Å². The van der Waals surface area contributed by atoms with Crippen LogP contribution >= 0.6 is 23.2 Å². The summed E-state index contributed by atoms with van der Waals surface area (Å²) in [4.78, 5) is 15.8. The lowest BCUT2D eigenvalue weighted by molar-refractivity contribution is -0.137. The number of halogens is 5. The van der Waals surface area contributed by atoms with Crippen LogP contribution in [0.4, 0.5) is 23.7 Å². The largest absolute Gasteiger partial charge is 0.416 e. The predicted molar refractivity (Wildman–Crippen MR) is 104 cm³/mol. The summed E-state index contributed by atoms with van der Waals surface area (Å²) in [6.07, 6.45) is -4.37. The van der Waals surface area contributed by atoms with Gasteiger partial charge in [-0.2, -0.15) is 13.2 Å². The fourth-order valence-electron chi connectivity index (χ4n) is 2.99. The molecule has 0 unspecified atom stereocenters. The second-order valence-electron chi connectivity index (χ2n) is 6.42. The van der Waals surface area contributed by atoms with E-state index in [4.69, 9.17) is 23.2 Å². The average Bonchev–Trinajstić information content (AvgIpc) is 2.67. The van der Waals surface area contributed by atoms with E-state index in [1.165, 1.54) is 6.07 Å². The molecule has 0 aliphatic carbocycles. The van der Waals surface area contributed by atoms with Crippen molar-refractivity contribution in [3.05, 3.63) is 63.6 Å². The molecule has 0 saturated carbocycles. The Morgan fingerprint density at radius 2 is 1.75 bits per heavy atom. The fraction of sp³-hybridized carbons (Fsp3) is 0.316. The maximum absolute atomic E-state index is 12.9. The second-order valence-corrected chi connectivity index (χ2v) is 7.26. The normalized spacial score (nSPS) is 14.9. The maximum Gasteiger partial charge on any atom is 0.416 e. The van der Waals surface area contributed by atoms with E-state index < -0.39 is 11.7 Å². The number of urea groups is 1. The Bertz CT molecular complexity index is 853. The number of anilines is 1. The minimum atomic E-state index is -4.37. The Kier molecular flexibility index (Phi) is 6.25. The van der Waals surface area contributed by atoms with Crippen molar-refractivity contribution in [2.24, 2.45) is 0 Å². The number of carbonyl (C=O) groups is 1. The summed E-state index contributed by atoms with van der Waals surface area (Å²) in [7, 11) is 0. The monoisotopic (exact) mass is 431 g/mol. The molecule has 0 aromatic heterocycles. The molecule has 0 bridgehead atoms. The van der Waals surface area contributed by atoms with E-state index in [1.807, 2.05) is 4.90 Å². The van der Waals surface area contributed by atoms with Crippen molar-refractivity contribution in [3.63, 3.8) is 0 Å². The lowest BCUT2D eigenvalue weighted by Crippen LogP contribution is -2.51. The molecule has 1 saturated heterocycles. The standard InChI is InChI=1S/C19H18Cl2F3N3O/c20-15-5-4-13(17(21)11-15)12-25-18(28)27-8-6-26(7-9-27)16-3-1-2-14(10-16)19(22,23)24/h1-5,10-11H,6-9,12H2,(H,25,28). The molecule has 0 radical (unpaired) electrons. The number of nitrogens with one attached hydrogen (secondary N) is 1. The number of alkyl halides is 3. The first kappa shape index (κ1) is 20.6. The third-order valence-corrected chi connectivity index (χ3v) is 5.14. The van der Waals surface area contributed by atoms with Crippen LogP contribution in [0.25, 0.3) is 0 Å². The molecular weight excluding hydrogens is 414 g/mol. The van der Waals surface area contributed by atoms with Crippen LogP contribution in [0.3, 0.4) is 0 Å². The fourth-order valence-corrected chi connectivity index (χ4v) is 3.47. The predicted octanol–water partition coefficient (Wildman–Crippen LogP) is 5.04. The SMILES string of the molecule is O=C(NCc1ccc(Cl)cc1Cl)N1CCN(c2cccc(C(F)(F)F)c2)CC1. The summed E-state index contributed by atoms with van der Waals surface area (Å²) >= 11 is 11.9. The summed E-state index contributed by atoms with van der Waals surface area (Å²) < 4.78 is 38.6. The van der Waals surface area contributed by atoms with Crippen molar-refractivity contribution in [1.29, 1.82) is 0 Å². The summed E-state index contributed by atoms with van der Waals surface area (Å²) in [5.74, 6) is 0. The summed E-state index contributed by atoms with van der Waals surface area (Å²) in [5.41, 5.74) is 0.579. The van der Waals surface area contributed by atoms with Gasteiger partial charge in [-0.25, -0.2) is 4.79 Å². The second kappa shape index (κ2) is 8.49. The van der Waals surface area contributed by atoms with E-state index >= 15 is 0 Å². The maximum atomic E-state index is 12.9. The number of nitrogens with zero attached hydrogens (tertiary/aromatic N) is 2. The Labute approximate surface area is 170 Å². The topological polar surface area (TPSA) is 35.6 Å². The molecule has 1 heterocycles. The van der Waals surface area contributed by atoms with Gasteiger partial charge in [-0.3, -0.25) is 0 Å². The van der Waals surface area contributed by atoms with Gasteiger partial charge in [0.15, 0.2) is 0 Å². The summed E-state index contributed by atoms with van der Waals surface area (Å²) in [6.45, 7) is 2.00. The van der Waals surface area contributed by atoms with Gasteiger partial charge in [0.1, 0.15) is 0 Å². The Morgan fingerprint density at radius 3 is 2.39 bits per heavy atom. The third-order valence-electron chi connectivity index (χ3n) is 4.55. The summed E-state index contributed by atoms with van der Waals surface area (Å²) in [6, 6.07) is 10.0. The van der Waals surface area contributed by atoms with Crippen molar-refractivity contribution in [2.75, 3.05) is 31.1 Å². The van der Waals surface area contributed by atoms with Crippen LogP contribution in [0.15, 0.2) is 42.5 Å². The molecule has 28 heavy (non-hydrogen) atoms. The van der Waals surface area contributed by atoms with E-state index in [0.717, 1.165) is 17.7 Å². The van der Waals surface area contributed by atoms with E-state index in [2.05, 4.69) is 5.32 Å². The average molecular weight is 432 g/mol. The van der Waals surface area contributed by atoms with Crippen LogP contribution in [0, 0.1) is 0 Å². The number of hydrogen-bond donors (Lipinski definition) is 1. The van der Waals surface area contributed by atoms with Crippen molar-refractivity contribution in [2.45, 2.75) is 12.7 Å². The van der Waals surface area contributed by atoms with Gasteiger partial charge in [-0.05, 0) is 35.9 Å². The molecule has 1 N–H and O–H groups in total. The molecule has 2 aromatic rings. The zero-order valence-electron chi connectivity index (χ0n) is 14.8. The van der Waals surface area contributed by atoms with Crippen molar-refractivity contribution in [1.82, 2.24) is 10.2 Å². The molecule has 0 spiro atoms. The molecular formula is C19H18Cl2F3N3O. The molecule has 2 aromatic carbocycles. The molecule has 3 rings (SSSR count). The highest BCUT2D eigenvalue weighted by molar-refractivity contribution is 6.35. The first-order valence-electron chi connectivity index (χ1n) is 8.63. The van der Waals surface area contributed by atoms with Gasteiger partial charge in [-0.1, -0.05) is 35.3 Å². The Hall–Kier alpha value is -2.12. The van der Waals surface area contributed by atoms with Crippen LogP contribution in [-0.4, -0.2) is 37.1 Å². The highest BCUT2D eigenvalue weighted by Crippen LogP contribution is 2.31. The van der Waals surface area contributed by atoms with Crippen LogP contribution in [0.5, 0.6) is 0 Å². The highest BCUT2D eigenvalue weighted by Gasteiger charge is 2.31. The Balaban J connectivity index is 1.54. The smallest absolute Gasteiger partial charge is 0.368 e. The lowest BCUT2D eigenvalue weighted by Gasteiger charge is -2.36. The molecule has 1 aliphatic heterocycles. The molecule has 4 nitrogen and oxygen atoms in total. The highest BCUT2D eigenvalue weighted by atomic mass is 35.5. The van der Waals surface area contributed by atoms with Crippen LogP contribution < -0.4 is 10.2 Å². The first-order valence-corrected chi connectivity index (χ1v) is 9.38. The molecule has 0 atom stereocenters. The molecule has 1 aliphatic rings. The third kappa shape index (κ3) is 5.02. The van der Waals surface area contributed by atoms with Gasteiger partial charge in [0.2, 0.25) is 0 Å². The van der Waals surface area contributed by atoms with Crippen molar-refractivity contribution in [3.8, 4) is 0 Å². The lowest BCUT2D eigenvalue weighted by atomic mass is 10.1. The van der Waals surface area contributed by atoms with Gasteiger partial charge >= 0.3 is 12.2 Å². The van der Waals surface area contributed by atoms with Crippen LogP contribution in [-0.2, 0) is 12.7 Å². The molecule has 1 fully saturated rings. The zero-order valence-corrected chi connectivity index (χ0v) is 16.3. The summed E-state index contributed by atoms with van der Waals surface area (Å²) in [5, 5.41) is 3.80. The Morgan fingerprint density at radius 1 is 1.04 bits per heavy atom. The molecule has 9 heteroatoms. The van der Waals surface area contributed by atoms with Crippen LogP contribution in [0.2, 0.25) is 10.0 Å². The van der Waals surface area contributed by atoms with Crippen molar-refractivity contribution >= 4 is 34.9 Å². The number of benzene rings is 2. The first-order chi connectivity index (χ1) is 13.2. The van der Waals surface area contributed by atoms with Gasteiger partial charge < -0.3 is 15.1 Å².